The van der Waals surface area contributed by atoms with Crippen molar-refractivity contribution in [3.8, 4) is 33.4 Å². The van der Waals surface area contributed by atoms with Crippen LogP contribution in [0.15, 0.2) is 170 Å². The molecule has 0 bridgehead atoms. The predicted molar refractivity (Wildman–Crippen MR) is 257 cm³/mol. The highest BCUT2D eigenvalue weighted by Gasteiger charge is 2.38. The third kappa shape index (κ3) is 5.43. The van der Waals surface area contributed by atoms with E-state index in [2.05, 4.69) is 222 Å². The SMILES string of the molecule is CC1(C)c2ccccc2-c2ccc(N(c3ccc(-c4ccc([Si](C)(C)C)cc4)cc3)c3cc4c5c(ccc6cc(-c7cccc8ccccc78)cc(c65)C4(C)C)c3)cc21. The normalized spacial score (nSPS) is 14.6. The van der Waals surface area contributed by atoms with Gasteiger partial charge in [-0.15, -0.1) is 0 Å². The molecule has 2 aliphatic carbocycles. The van der Waals surface area contributed by atoms with Gasteiger partial charge in [-0.05, 0) is 136 Å². The van der Waals surface area contributed by atoms with Gasteiger partial charge < -0.3 is 4.90 Å². The topological polar surface area (TPSA) is 3.24 Å². The van der Waals surface area contributed by atoms with E-state index in [4.69, 9.17) is 0 Å². The van der Waals surface area contributed by atoms with Gasteiger partial charge in [-0.3, -0.25) is 0 Å². The number of hydrogen-bond donors (Lipinski definition) is 0. The summed E-state index contributed by atoms with van der Waals surface area (Å²) < 4.78 is 0. The molecule has 2 heteroatoms. The molecule has 0 amide bonds. The van der Waals surface area contributed by atoms with Crippen LogP contribution >= 0.6 is 0 Å². The molecule has 2 aliphatic rings. The van der Waals surface area contributed by atoms with Gasteiger partial charge in [0.1, 0.15) is 0 Å². The molecule has 0 saturated heterocycles. The van der Waals surface area contributed by atoms with Crippen LogP contribution in [0.1, 0.15) is 49.9 Å². The molecule has 9 aromatic rings. The van der Waals surface area contributed by atoms with E-state index in [0.29, 0.717) is 0 Å². The standard InChI is InChI=1S/C57H49NSi/c1-56(2)50-18-11-10-16-48(50)49-30-27-43(34-51(49)56)58(42-25-21-36(22-26-42)37-23-28-45(29-24-37)59(5,6)7)44-32-40-20-19-39-31-41(47-17-12-14-38-13-8-9-15-46(38)47)33-52-54(39)55(40)53(35-44)57(52,3)4/h8-35H,1-7H3. The first-order valence-corrected chi connectivity index (χ1v) is 24.7. The molecule has 0 aromatic heterocycles. The second-order valence-electron chi connectivity index (χ2n) is 19.0. The number of rotatable bonds is 6. The minimum absolute atomic E-state index is 0.103. The zero-order valence-electron chi connectivity index (χ0n) is 35.1. The average Bonchev–Trinajstić information content (AvgIpc) is 3.62. The maximum Gasteiger partial charge on any atom is 0.0775 e. The molecular weight excluding hydrogens is 727 g/mol. The van der Waals surface area contributed by atoms with Crippen LogP contribution in [0.2, 0.25) is 19.6 Å². The molecule has 286 valence electrons. The fourth-order valence-corrected chi connectivity index (χ4v) is 11.6. The van der Waals surface area contributed by atoms with Gasteiger partial charge in [0.15, 0.2) is 0 Å². The molecule has 0 radical (unpaired) electrons. The molecule has 59 heavy (non-hydrogen) atoms. The Morgan fingerprint density at radius 3 is 1.68 bits per heavy atom. The zero-order valence-corrected chi connectivity index (χ0v) is 36.1. The van der Waals surface area contributed by atoms with Crippen LogP contribution in [0.3, 0.4) is 0 Å². The molecular formula is C57H49NSi. The van der Waals surface area contributed by atoms with Crippen LogP contribution < -0.4 is 10.1 Å². The molecule has 1 nitrogen and oxygen atoms in total. The van der Waals surface area contributed by atoms with E-state index < -0.39 is 8.07 Å². The first-order valence-electron chi connectivity index (χ1n) is 21.2. The summed E-state index contributed by atoms with van der Waals surface area (Å²) in [4.78, 5) is 2.50. The van der Waals surface area contributed by atoms with E-state index in [1.54, 1.807) is 0 Å². The largest absolute Gasteiger partial charge is 0.310 e. The van der Waals surface area contributed by atoms with Gasteiger partial charge in [-0.1, -0.05) is 174 Å². The number of anilines is 3. The third-order valence-corrected chi connectivity index (χ3v) is 15.8. The van der Waals surface area contributed by atoms with Crippen molar-refractivity contribution in [2.24, 2.45) is 0 Å². The van der Waals surface area contributed by atoms with Gasteiger partial charge in [0.2, 0.25) is 0 Å². The van der Waals surface area contributed by atoms with Gasteiger partial charge in [-0.2, -0.15) is 0 Å². The van der Waals surface area contributed by atoms with Crippen LogP contribution in [0.25, 0.3) is 65.7 Å². The lowest BCUT2D eigenvalue weighted by Gasteiger charge is -2.30. The number of hydrogen-bond acceptors (Lipinski definition) is 1. The van der Waals surface area contributed by atoms with Crippen LogP contribution in [-0.2, 0) is 10.8 Å². The quantitative estimate of drug-likeness (QED) is 0.120. The van der Waals surface area contributed by atoms with Crippen LogP contribution in [-0.4, -0.2) is 8.07 Å². The van der Waals surface area contributed by atoms with Crippen LogP contribution in [0.4, 0.5) is 17.1 Å². The molecule has 0 heterocycles. The second-order valence-corrected chi connectivity index (χ2v) is 24.1. The molecule has 0 spiro atoms. The predicted octanol–water partition coefficient (Wildman–Crippen LogP) is 15.4. The highest BCUT2D eigenvalue weighted by Crippen LogP contribution is 2.54. The van der Waals surface area contributed by atoms with Crippen molar-refractivity contribution in [1.82, 2.24) is 0 Å². The summed E-state index contributed by atoms with van der Waals surface area (Å²) in [6, 6.07) is 64.6. The Morgan fingerprint density at radius 2 is 0.932 bits per heavy atom. The summed E-state index contributed by atoms with van der Waals surface area (Å²) in [6.07, 6.45) is 0. The van der Waals surface area contributed by atoms with Crippen molar-refractivity contribution < 1.29 is 0 Å². The number of fused-ring (bicyclic) bond motifs is 4. The van der Waals surface area contributed by atoms with Crippen molar-refractivity contribution in [2.45, 2.75) is 58.2 Å². The monoisotopic (exact) mass is 775 g/mol. The lowest BCUT2D eigenvalue weighted by atomic mass is 9.80. The van der Waals surface area contributed by atoms with Gasteiger partial charge in [-0.25, -0.2) is 0 Å². The zero-order chi connectivity index (χ0) is 40.4. The van der Waals surface area contributed by atoms with Gasteiger partial charge in [0.25, 0.3) is 0 Å². The minimum atomic E-state index is -1.38. The van der Waals surface area contributed by atoms with Gasteiger partial charge in [0, 0.05) is 27.9 Å². The van der Waals surface area contributed by atoms with Crippen LogP contribution in [0.5, 0.6) is 0 Å². The number of nitrogens with zero attached hydrogens (tertiary/aromatic N) is 1. The molecule has 0 fully saturated rings. The smallest absolute Gasteiger partial charge is 0.0775 e. The van der Waals surface area contributed by atoms with Crippen molar-refractivity contribution in [3.05, 3.63) is 192 Å². The maximum absolute atomic E-state index is 2.50. The first-order chi connectivity index (χ1) is 28.4. The first kappa shape index (κ1) is 35.9. The van der Waals surface area contributed by atoms with Gasteiger partial charge >= 0.3 is 0 Å². The second kappa shape index (κ2) is 12.6. The summed E-state index contributed by atoms with van der Waals surface area (Å²) in [5.41, 5.74) is 16.5. The van der Waals surface area contributed by atoms with E-state index in [-0.39, 0.29) is 10.8 Å². The van der Waals surface area contributed by atoms with E-state index in [1.807, 2.05) is 0 Å². The molecule has 9 aromatic carbocycles. The Morgan fingerprint density at radius 1 is 0.373 bits per heavy atom. The number of benzene rings is 9. The molecule has 0 aliphatic heterocycles. The lowest BCUT2D eigenvalue weighted by molar-refractivity contribution is 0.660. The molecule has 0 unspecified atom stereocenters. The summed E-state index contributed by atoms with van der Waals surface area (Å²) in [7, 11) is -1.38. The molecule has 0 atom stereocenters. The highest BCUT2D eigenvalue weighted by atomic mass is 28.3. The molecule has 0 N–H and O–H groups in total. The Balaban J connectivity index is 1.07. The van der Waals surface area contributed by atoms with E-state index >= 15 is 0 Å². The van der Waals surface area contributed by atoms with Crippen molar-refractivity contribution in [1.29, 1.82) is 0 Å². The summed E-state index contributed by atoms with van der Waals surface area (Å²) in [5, 5.41) is 9.43. The third-order valence-electron chi connectivity index (χ3n) is 13.8. The van der Waals surface area contributed by atoms with E-state index in [9.17, 15) is 0 Å². The summed E-state index contributed by atoms with van der Waals surface area (Å²) >= 11 is 0. The molecule has 0 saturated carbocycles. The fourth-order valence-electron chi connectivity index (χ4n) is 10.5. The lowest BCUT2D eigenvalue weighted by Crippen LogP contribution is -2.37. The fraction of sp³-hybridized carbons (Fsp3) is 0.158. The summed E-state index contributed by atoms with van der Waals surface area (Å²) in [6.45, 7) is 16.8. The Bertz CT molecular complexity index is 3170. The average molecular weight is 776 g/mol. The van der Waals surface area contributed by atoms with E-state index in [0.717, 1.165) is 5.69 Å². The molecule has 11 rings (SSSR count). The van der Waals surface area contributed by atoms with Crippen molar-refractivity contribution in [3.63, 3.8) is 0 Å². The maximum atomic E-state index is 2.50. The van der Waals surface area contributed by atoms with E-state index in [1.165, 1.54) is 105 Å². The van der Waals surface area contributed by atoms with Crippen molar-refractivity contribution >= 4 is 62.6 Å². The highest BCUT2D eigenvalue weighted by molar-refractivity contribution is 6.88. The Hall–Kier alpha value is -6.22. The van der Waals surface area contributed by atoms with Gasteiger partial charge in [0.05, 0.1) is 8.07 Å². The van der Waals surface area contributed by atoms with Crippen molar-refractivity contribution in [2.75, 3.05) is 4.90 Å². The Kier molecular flexibility index (Phi) is 7.69. The summed E-state index contributed by atoms with van der Waals surface area (Å²) in [5.74, 6) is 0. The minimum Gasteiger partial charge on any atom is -0.310 e. The Labute approximate surface area is 349 Å². The van der Waals surface area contributed by atoms with Crippen LogP contribution in [0, 0.1) is 0 Å².